The highest BCUT2D eigenvalue weighted by Gasteiger charge is 2.11. The molecule has 2 N–H and O–H groups in total. The molecule has 0 radical (unpaired) electrons. The first-order chi connectivity index (χ1) is 13.6. The fourth-order valence-corrected chi connectivity index (χ4v) is 3.92. The molecule has 146 valence electrons. The lowest BCUT2D eigenvalue weighted by Crippen LogP contribution is -2.29. The van der Waals surface area contributed by atoms with Crippen LogP contribution < -0.4 is 15.5 Å². The summed E-state index contributed by atoms with van der Waals surface area (Å²) in [5.41, 5.74) is 1.82. The maximum Gasteiger partial charge on any atom is 0.267 e. The number of amides is 2. The van der Waals surface area contributed by atoms with Gasteiger partial charge in [-0.3, -0.25) is 14.9 Å². The Hall–Kier alpha value is -2.71. The highest BCUT2D eigenvalue weighted by molar-refractivity contribution is 7.14. The van der Waals surface area contributed by atoms with Crippen molar-refractivity contribution in [2.75, 3.05) is 30.4 Å². The summed E-state index contributed by atoms with van der Waals surface area (Å²) < 4.78 is 0. The highest BCUT2D eigenvalue weighted by atomic mass is 32.1. The smallest absolute Gasteiger partial charge is 0.267 e. The summed E-state index contributed by atoms with van der Waals surface area (Å²) in [6, 6.07) is 13.7. The second-order valence-corrected chi connectivity index (χ2v) is 8.02. The quantitative estimate of drug-likeness (QED) is 0.524. The Morgan fingerprint density at radius 2 is 1.93 bits per heavy atom. The van der Waals surface area contributed by atoms with Crippen molar-refractivity contribution in [1.82, 2.24) is 10.3 Å². The molecule has 3 aromatic rings. The van der Waals surface area contributed by atoms with E-state index >= 15 is 0 Å². The van der Waals surface area contributed by atoms with Crippen LogP contribution in [0.2, 0.25) is 0 Å². The molecule has 1 aromatic carbocycles. The first kappa shape index (κ1) is 20.0. The maximum atomic E-state index is 12.1. The SMILES string of the molecule is CN(CCCNC(=O)Cc1csc(NC(=O)c2cccs2)n1)c1ccccc1. The van der Waals surface area contributed by atoms with Gasteiger partial charge >= 0.3 is 0 Å². The number of nitrogens with zero attached hydrogens (tertiary/aromatic N) is 2. The van der Waals surface area contributed by atoms with E-state index in [2.05, 4.69) is 32.7 Å². The van der Waals surface area contributed by atoms with Crippen LogP contribution in [-0.4, -0.2) is 36.9 Å². The van der Waals surface area contributed by atoms with Gasteiger partial charge in [0.2, 0.25) is 5.91 Å². The molecule has 3 rings (SSSR count). The van der Waals surface area contributed by atoms with Gasteiger partial charge in [-0.2, -0.15) is 0 Å². The Labute approximate surface area is 172 Å². The molecule has 0 atom stereocenters. The third-order valence-electron chi connectivity index (χ3n) is 4.05. The fourth-order valence-electron chi connectivity index (χ4n) is 2.59. The third-order valence-corrected chi connectivity index (χ3v) is 5.72. The number of rotatable bonds is 9. The number of hydrogen-bond acceptors (Lipinski definition) is 6. The summed E-state index contributed by atoms with van der Waals surface area (Å²) in [4.78, 5) is 31.2. The Morgan fingerprint density at radius 1 is 1.11 bits per heavy atom. The van der Waals surface area contributed by atoms with E-state index in [1.165, 1.54) is 22.7 Å². The Bertz CT molecular complexity index is 894. The van der Waals surface area contributed by atoms with Gasteiger partial charge in [-0.05, 0) is 30.0 Å². The van der Waals surface area contributed by atoms with Crippen molar-refractivity contribution >= 4 is 45.3 Å². The van der Waals surface area contributed by atoms with E-state index < -0.39 is 0 Å². The number of carbonyl (C=O) groups is 2. The van der Waals surface area contributed by atoms with Crippen molar-refractivity contribution in [3.63, 3.8) is 0 Å². The third kappa shape index (κ3) is 5.90. The molecule has 0 bridgehead atoms. The summed E-state index contributed by atoms with van der Waals surface area (Å²) in [6.45, 7) is 1.47. The Morgan fingerprint density at radius 3 is 2.68 bits per heavy atom. The van der Waals surface area contributed by atoms with Gasteiger partial charge in [0, 0.05) is 31.2 Å². The van der Waals surface area contributed by atoms with Gasteiger partial charge in [0.05, 0.1) is 17.0 Å². The number of hydrogen-bond donors (Lipinski definition) is 2. The standard InChI is InChI=1S/C20H22N4O2S2/c1-24(16-7-3-2-4-8-16)11-6-10-21-18(25)13-15-14-28-20(22-15)23-19(26)17-9-5-12-27-17/h2-5,7-9,12,14H,6,10-11,13H2,1H3,(H,21,25)(H,22,23,26). The van der Waals surface area contributed by atoms with Crippen LogP contribution in [0.3, 0.4) is 0 Å². The lowest BCUT2D eigenvalue weighted by molar-refractivity contribution is -0.120. The first-order valence-corrected chi connectivity index (χ1v) is 10.7. The highest BCUT2D eigenvalue weighted by Crippen LogP contribution is 2.18. The molecule has 0 aliphatic heterocycles. The van der Waals surface area contributed by atoms with Crippen molar-refractivity contribution in [3.05, 3.63) is 63.8 Å². The number of carbonyl (C=O) groups excluding carboxylic acids is 2. The summed E-state index contributed by atoms with van der Waals surface area (Å²) in [5, 5.41) is 9.84. The zero-order valence-corrected chi connectivity index (χ0v) is 17.2. The van der Waals surface area contributed by atoms with Crippen LogP contribution in [0.5, 0.6) is 0 Å². The number of thiazole rings is 1. The largest absolute Gasteiger partial charge is 0.375 e. The molecule has 28 heavy (non-hydrogen) atoms. The molecule has 2 amide bonds. The number of nitrogens with one attached hydrogen (secondary N) is 2. The van der Waals surface area contributed by atoms with Crippen LogP contribution in [0.25, 0.3) is 0 Å². The van der Waals surface area contributed by atoms with Crippen LogP contribution >= 0.6 is 22.7 Å². The van der Waals surface area contributed by atoms with Crippen LogP contribution in [0.1, 0.15) is 21.8 Å². The predicted molar refractivity (Wildman–Crippen MR) is 115 cm³/mol. The van der Waals surface area contributed by atoms with E-state index in [4.69, 9.17) is 0 Å². The minimum Gasteiger partial charge on any atom is -0.375 e. The van der Waals surface area contributed by atoms with E-state index in [-0.39, 0.29) is 18.2 Å². The molecule has 0 aliphatic rings. The molecular weight excluding hydrogens is 392 g/mol. The van der Waals surface area contributed by atoms with E-state index in [0.717, 1.165) is 18.7 Å². The Kier molecular flexibility index (Phi) is 7.16. The normalized spacial score (nSPS) is 10.5. The molecule has 0 spiro atoms. The minimum atomic E-state index is -0.178. The Balaban J connectivity index is 1.37. The molecular formula is C20H22N4O2S2. The number of para-hydroxylation sites is 1. The monoisotopic (exact) mass is 414 g/mol. The van der Waals surface area contributed by atoms with E-state index in [1.54, 1.807) is 11.4 Å². The molecule has 0 fully saturated rings. The predicted octanol–water partition coefficient (Wildman–Crippen LogP) is 3.64. The molecule has 0 unspecified atom stereocenters. The first-order valence-electron chi connectivity index (χ1n) is 8.94. The van der Waals surface area contributed by atoms with Crippen LogP contribution in [0, 0.1) is 0 Å². The molecule has 6 nitrogen and oxygen atoms in total. The molecule has 8 heteroatoms. The zero-order chi connectivity index (χ0) is 19.8. The van der Waals surface area contributed by atoms with Crippen molar-refractivity contribution in [2.24, 2.45) is 0 Å². The van der Waals surface area contributed by atoms with Gasteiger partial charge in [0.15, 0.2) is 5.13 Å². The second kappa shape index (κ2) is 10.0. The fraction of sp³-hybridized carbons (Fsp3) is 0.250. The summed E-state index contributed by atoms with van der Waals surface area (Å²) in [7, 11) is 2.04. The maximum absolute atomic E-state index is 12.1. The number of thiophene rings is 1. The molecule has 2 heterocycles. The van der Waals surface area contributed by atoms with Gasteiger partial charge in [0.1, 0.15) is 0 Å². The lowest BCUT2D eigenvalue weighted by Gasteiger charge is -2.19. The summed E-state index contributed by atoms with van der Waals surface area (Å²) >= 11 is 2.70. The minimum absolute atomic E-state index is 0.0659. The molecule has 2 aromatic heterocycles. The van der Waals surface area contributed by atoms with E-state index in [1.807, 2.05) is 36.7 Å². The van der Waals surface area contributed by atoms with Gasteiger partial charge in [-0.15, -0.1) is 22.7 Å². The van der Waals surface area contributed by atoms with Crippen molar-refractivity contribution in [3.8, 4) is 0 Å². The number of anilines is 2. The average molecular weight is 415 g/mol. The van der Waals surface area contributed by atoms with Gasteiger partial charge in [-0.25, -0.2) is 4.98 Å². The zero-order valence-electron chi connectivity index (χ0n) is 15.6. The van der Waals surface area contributed by atoms with Crippen LogP contribution in [-0.2, 0) is 11.2 Å². The van der Waals surface area contributed by atoms with Gasteiger partial charge in [0.25, 0.3) is 5.91 Å². The van der Waals surface area contributed by atoms with Gasteiger partial charge < -0.3 is 10.2 Å². The molecule has 0 saturated carbocycles. The van der Waals surface area contributed by atoms with Crippen molar-refractivity contribution in [1.29, 1.82) is 0 Å². The van der Waals surface area contributed by atoms with Crippen LogP contribution in [0.4, 0.5) is 10.8 Å². The van der Waals surface area contributed by atoms with E-state index in [0.29, 0.717) is 22.2 Å². The van der Waals surface area contributed by atoms with Crippen molar-refractivity contribution < 1.29 is 9.59 Å². The molecule has 0 aliphatic carbocycles. The average Bonchev–Trinajstić information content (AvgIpc) is 3.38. The number of aromatic nitrogens is 1. The summed E-state index contributed by atoms with van der Waals surface area (Å²) in [6.07, 6.45) is 1.07. The number of benzene rings is 1. The van der Waals surface area contributed by atoms with Crippen LogP contribution in [0.15, 0.2) is 53.2 Å². The second-order valence-electron chi connectivity index (χ2n) is 6.21. The topological polar surface area (TPSA) is 74.3 Å². The van der Waals surface area contributed by atoms with Gasteiger partial charge in [-0.1, -0.05) is 24.3 Å². The lowest BCUT2D eigenvalue weighted by atomic mass is 10.3. The summed E-state index contributed by atoms with van der Waals surface area (Å²) in [5.74, 6) is -0.244. The molecule has 0 saturated heterocycles. The van der Waals surface area contributed by atoms with Crippen molar-refractivity contribution in [2.45, 2.75) is 12.8 Å². The van der Waals surface area contributed by atoms with E-state index in [9.17, 15) is 9.59 Å².